The minimum atomic E-state index is -0.325. The van der Waals surface area contributed by atoms with Crippen molar-refractivity contribution < 1.29 is 9.53 Å². The summed E-state index contributed by atoms with van der Waals surface area (Å²) in [5.74, 6) is 0.529. The number of hydrogen-bond acceptors (Lipinski definition) is 5. The second-order valence-corrected chi connectivity index (χ2v) is 5.94. The molecular formula is C19H20N4O3. The van der Waals surface area contributed by atoms with Gasteiger partial charge < -0.3 is 10.1 Å². The van der Waals surface area contributed by atoms with Gasteiger partial charge in [0, 0.05) is 6.54 Å². The molecule has 7 heteroatoms. The minimum absolute atomic E-state index is 0.157. The van der Waals surface area contributed by atoms with Crippen LogP contribution in [0.25, 0.3) is 10.9 Å². The van der Waals surface area contributed by atoms with Crippen LogP contribution < -0.4 is 15.6 Å². The van der Waals surface area contributed by atoms with Gasteiger partial charge in [0.1, 0.15) is 17.8 Å². The molecule has 0 aliphatic heterocycles. The normalized spacial score (nSPS) is 10.7. The topological polar surface area (TPSA) is 86.1 Å². The van der Waals surface area contributed by atoms with E-state index >= 15 is 0 Å². The highest BCUT2D eigenvalue weighted by Gasteiger charge is 2.08. The Morgan fingerprint density at radius 3 is 2.88 bits per heavy atom. The fourth-order valence-corrected chi connectivity index (χ4v) is 2.51. The van der Waals surface area contributed by atoms with E-state index in [2.05, 4.69) is 15.6 Å². The lowest BCUT2D eigenvalue weighted by molar-refractivity contribution is -0.121. The van der Waals surface area contributed by atoms with Crippen LogP contribution in [0, 0.1) is 6.92 Å². The maximum absolute atomic E-state index is 12.3. The average Bonchev–Trinajstić information content (AvgIpc) is 2.64. The summed E-state index contributed by atoms with van der Waals surface area (Å²) in [5.41, 5.74) is 1.33. The van der Waals surface area contributed by atoms with Crippen LogP contribution >= 0.6 is 0 Å². The van der Waals surface area contributed by atoms with Gasteiger partial charge in [0.05, 0.1) is 12.0 Å². The van der Waals surface area contributed by atoms with Crippen LogP contribution in [0.15, 0.2) is 53.3 Å². The van der Waals surface area contributed by atoms with Crippen molar-refractivity contribution in [3.8, 4) is 5.75 Å². The Labute approximate surface area is 150 Å². The fraction of sp³-hybridized carbons (Fsp3) is 0.263. The summed E-state index contributed by atoms with van der Waals surface area (Å²) in [6.07, 6.45) is 0.665. The van der Waals surface area contributed by atoms with Crippen LogP contribution in [0.3, 0.4) is 0 Å². The van der Waals surface area contributed by atoms with Gasteiger partial charge in [-0.15, -0.1) is 5.10 Å². The Balaban J connectivity index is 1.46. The third-order valence-corrected chi connectivity index (χ3v) is 3.82. The van der Waals surface area contributed by atoms with Crippen molar-refractivity contribution in [1.29, 1.82) is 0 Å². The van der Waals surface area contributed by atoms with E-state index in [-0.39, 0.29) is 18.0 Å². The molecule has 0 fully saturated rings. The van der Waals surface area contributed by atoms with E-state index in [1.54, 1.807) is 24.3 Å². The van der Waals surface area contributed by atoms with Crippen molar-refractivity contribution in [2.75, 3.05) is 13.2 Å². The molecule has 0 radical (unpaired) electrons. The number of hydrogen-bond donors (Lipinski definition) is 1. The van der Waals surface area contributed by atoms with Gasteiger partial charge in [-0.05, 0) is 43.2 Å². The number of aromatic nitrogens is 3. The molecule has 0 bridgehead atoms. The van der Waals surface area contributed by atoms with Gasteiger partial charge in [0.25, 0.3) is 5.56 Å². The molecule has 0 spiro atoms. The maximum Gasteiger partial charge on any atom is 0.278 e. The molecule has 3 aromatic rings. The predicted molar refractivity (Wildman–Crippen MR) is 98.1 cm³/mol. The lowest BCUT2D eigenvalue weighted by Gasteiger charge is -2.08. The summed E-state index contributed by atoms with van der Waals surface area (Å²) in [5, 5.41) is 11.0. The first kappa shape index (κ1) is 17.6. The van der Waals surface area contributed by atoms with Crippen molar-refractivity contribution in [3.05, 3.63) is 64.4 Å². The summed E-state index contributed by atoms with van der Waals surface area (Å²) < 4.78 is 6.70. The summed E-state index contributed by atoms with van der Waals surface area (Å²) >= 11 is 0. The molecule has 1 heterocycles. The molecule has 0 unspecified atom stereocenters. The highest BCUT2D eigenvalue weighted by atomic mass is 16.5. The quantitative estimate of drug-likeness (QED) is 0.654. The summed E-state index contributed by atoms with van der Waals surface area (Å²) in [4.78, 5) is 24.3. The van der Waals surface area contributed by atoms with Crippen molar-refractivity contribution in [2.24, 2.45) is 0 Å². The molecule has 7 nitrogen and oxygen atoms in total. The Hall–Kier alpha value is -3.22. The van der Waals surface area contributed by atoms with Crippen molar-refractivity contribution in [1.82, 2.24) is 20.3 Å². The van der Waals surface area contributed by atoms with E-state index < -0.39 is 0 Å². The molecule has 0 saturated heterocycles. The van der Waals surface area contributed by atoms with Crippen LogP contribution in [0.5, 0.6) is 5.75 Å². The molecule has 1 aromatic heterocycles. The molecular weight excluding hydrogens is 332 g/mol. The van der Waals surface area contributed by atoms with Crippen LogP contribution in [-0.4, -0.2) is 34.1 Å². The number of nitrogens with zero attached hydrogens (tertiary/aromatic N) is 3. The van der Waals surface area contributed by atoms with Crippen molar-refractivity contribution in [2.45, 2.75) is 19.9 Å². The van der Waals surface area contributed by atoms with E-state index in [9.17, 15) is 9.59 Å². The van der Waals surface area contributed by atoms with Crippen molar-refractivity contribution in [3.63, 3.8) is 0 Å². The standard InChI is InChI=1S/C19H20N4O3/c1-14-6-4-7-15(12-14)26-11-5-10-20-18(24)13-23-19(25)16-8-2-3-9-17(16)21-22-23/h2-4,6-9,12H,5,10-11,13H2,1H3,(H,20,24). The summed E-state index contributed by atoms with van der Waals surface area (Å²) in [6.45, 7) is 2.81. The molecule has 0 atom stereocenters. The number of benzene rings is 2. The Kier molecular flexibility index (Phi) is 5.58. The smallest absolute Gasteiger partial charge is 0.278 e. The van der Waals surface area contributed by atoms with Gasteiger partial charge in [-0.3, -0.25) is 9.59 Å². The lowest BCUT2D eigenvalue weighted by Crippen LogP contribution is -2.35. The molecule has 0 saturated carbocycles. The van der Waals surface area contributed by atoms with Crippen LogP contribution in [0.1, 0.15) is 12.0 Å². The molecule has 1 N–H and O–H groups in total. The third kappa shape index (κ3) is 4.44. The lowest BCUT2D eigenvalue weighted by atomic mass is 10.2. The molecule has 2 aromatic carbocycles. The van der Waals surface area contributed by atoms with Gasteiger partial charge in [0.2, 0.25) is 5.91 Å². The first-order valence-corrected chi connectivity index (χ1v) is 8.42. The number of fused-ring (bicyclic) bond motifs is 1. The number of amides is 1. The van der Waals surface area contributed by atoms with Gasteiger partial charge in [-0.25, -0.2) is 4.68 Å². The second-order valence-electron chi connectivity index (χ2n) is 5.94. The van der Waals surface area contributed by atoms with Gasteiger partial charge >= 0.3 is 0 Å². The number of aryl methyl sites for hydroxylation is 1. The van der Waals surface area contributed by atoms with E-state index in [1.165, 1.54) is 0 Å². The second kappa shape index (κ2) is 8.24. The molecule has 3 rings (SSSR count). The molecule has 1 amide bonds. The first-order valence-electron chi connectivity index (χ1n) is 8.42. The largest absolute Gasteiger partial charge is 0.494 e. The minimum Gasteiger partial charge on any atom is -0.494 e. The third-order valence-electron chi connectivity index (χ3n) is 3.82. The van der Waals surface area contributed by atoms with Crippen LogP contribution in [0.4, 0.5) is 0 Å². The van der Waals surface area contributed by atoms with Crippen molar-refractivity contribution >= 4 is 16.8 Å². The number of ether oxygens (including phenoxy) is 1. The van der Waals surface area contributed by atoms with E-state index in [4.69, 9.17) is 4.74 Å². The summed E-state index contributed by atoms with van der Waals surface area (Å²) in [6, 6.07) is 14.7. The zero-order valence-corrected chi connectivity index (χ0v) is 14.5. The van der Waals surface area contributed by atoms with Gasteiger partial charge in [0.15, 0.2) is 0 Å². The van der Waals surface area contributed by atoms with E-state index in [0.717, 1.165) is 16.0 Å². The van der Waals surface area contributed by atoms with Gasteiger partial charge in [-0.1, -0.05) is 29.5 Å². The molecule has 134 valence electrons. The summed E-state index contributed by atoms with van der Waals surface area (Å²) in [7, 11) is 0. The Bertz CT molecular complexity index is 968. The monoisotopic (exact) mass is 352 g/mol. The number of nitrogens with one attached hydrogen (secondary N) is 1. The van der Waals surface area contributed by atoms with Crippen LogP contribution in [-0.2, 0) is 11.3 Å². The first-order chi connectivity index (χ1) is 12.6. The predicted octanol–water partition coefficient (Wildman–Crippen LogP) is 1.69. The van der Waals surface area contributed by atoms with Crippen LogP contribution in [0.2, 0.25) is 0 Å². The zero-order chi connectivity index (χ0) is 18.4. The number of rotatable bonds is 7. The molecule has 26 heavy (non-hydrogen) atoms. The number of carbonyl (C=O) groups is 1. The highest BCUT2D eigenvalue weighted by molar-refractivity contribution is 5.78. The maximum atomic E-state index is 12.3. The van der Waals surface area contributed by atoms with Gasteiger partial charge in [-0.2, -0.15) is 0 Å². The highest BCUT2D eigenvalue weighted by Crippen LogP contribution is 2.12. The zero-order valence-electron chi connectivity index (χ0n) is 14.5. The van der Waals surface area contributed by atoms with E-state index in [1.807, 2.05) is 31.2 Å². The van der Waals surface area contributed by atoms with E-state index in [0.29, 0.717) is 30.5 Å². The average molecular weight is 352 g/mol. The SMILES string of the molecule is Cc1cccc(OCCCNC(=O)Cn2nnc3ccccc3c2=O)c1. The molecule has 0 aliphatic carbocycles. The Morgan fingerprint density at radius 2 is 2.04 bits per heavy atom. The fourth-order valence-electron chi connectivity index (χ4n) is 2.51. The Morgan fingerprint density at radius 1 is 1.19 bits per heavy atom. The number of carbonyl (C=O) groups excluding carboxylic acids is 1. The molecule has 0 aliphatic rings.